The number of sulfone groups is 1. The Balaban J connectivity index is 1.69. The molecule has 7 heteroatoms. The van der Waals surface area contributed by atoms with Gasteiger partial charge in [0.15, 0.2) is 27.1 Å². The highest BCUT2D eigenvalue weighted by Crippen LogP contribution is 2.22. The van der Waals surface area contributed by atoms with Gasteiger partial charge in [0.05, 0.1) is 17.8 Å². The summed E-state index contributed by atoms with van der Waals surface area (Å²) in [5.41, 5.74) is 0. The first kappa shape index (κ1) is 13.0. The van der Waals surface area contributed by atoms with Crippen LogP contribution in [-0.4, -0.2) is 31.9 Å². The van der Waals surface area contributed by atoms with E-state index >= 15 is 0 Å². The summed E-state index contributed by atoms with van der Waals surface area (Å²) in [6, 6.07) is 6.28. The quantitative estimate of drug-likeness (QED) is 0.925. The number of hydrogen-bond donors (Lipinski definition) is 1. The van der Waals surface area contributed by atoms with E-state index in [0.29, 0.717) is 17.9 Å². The second-order valence-electron chi connectivity index (χ2n) is 4.71. The van der Waals surface area contributed by atoms with Crippen LogP contribution in [0.15, 0.2) is 39.4 Å². The molecule has 1 saturated heterocycles. The first-order chi connectivity index (χ1) is 9.53. The van der Waals surface area contributed by atoms with Gasteiger partial charge in [0.2, 0.25) is 0 Å². The lowest BCUT2D eigenvalue weighted by Gasteiger charge is -2.08. The van der Waals surface area contributed by atoms with E-state index in [9.17, 15) is 13.2 Å². The molecule has 2 aromatic rings. The van der Waals surface area contributed by atoms with Crippen LogP contribution in [0.5, 0.6) is 0 Å². The molecule has 106 valence electrons. The molecular weight excluding hydrogens is 282 g/mol. The van der Waals surface area contributed by atoms with Gasteiger partial charge in [-0.25, -0.2) is 8.42 Å². The van der Waals surface area contributed by atoms with Crippen molar-refractivity contribution in [3.05, 3.63) is 36.3 Å². The Bertz CT molecular complexity index is 714. The standard InChI is InChI=1S/C13H13NO5S/c15-13(14-9-5-7-20(16,17)8-9)12-4-3-11(19-12)10-2-1-6-18-10/h1-4,6,9H,5,7-8H2,(H,14,15)/t9-/m0/s1. The Kier molecular flexibility index (Phi) is 3.13. The van der Waals surface area contributed by atoms with Crippen LogP contribution >= 0.6 is 0 Å². The minimum absolute atomic E-state index is 0.00943. The topological polar surface area (TPSA) is 89.5 Å². The third kappa shape index (κ3) is 2.62. The Hall–Kier alpha value is -2.02. The van der Waals surface area contributed by atoms with Crippen LogP contribution in [0.2, 0.25) is 0 Å². The van der Waals surface area contributed by atoms with Gasteiger partial charge in [0.1, 0.15) is 0 Å². The third-order valence-corrected chi connectivity index (χ3v) is 4.93. The van der Waals surface area contributed by atoms with Crippen molar-refractivity contribution in [1.82, 2.24) is 5.32 Å². The van der Waals surface area contributed by atoms with E-state index in [2.05, 4.69) is 5.32 Å². The fourth-order valence-electron chi connectivity index (χ4n) is 2.18. The number of hydrogen-bond acceptors (Lipinski definition) is 5. The van der Waals surface area contributed by atoms with Crippen LogP contribution in [0.4, 0.5) is 0 Å². The molecule has 6 nitrogen and oxygen atoms in total. The zero-order valence-electron chi connectivity index (χ0n) is 10.5. The number of rotatable bonds is 3. The van der Waals surface area contributed by atoms with Crippen LogP contribution in [0.25, 0.3) is 11.5 Å². The van der Waals surface area contributed by atoms with Crippen molar-refractivity contribution in [3.63, 3.8) is 0 Å². The molecule has 0 spiro atoms. The van der Waals surface area contributed by atoms with Crippen LogP contribution in [0, 0.1) is 0 Å². The highest BCUT2D eigenvalue weighted by molar-refractivity contribution is 7.91. The fraction of sp³-hybridized carbons (Fsp3) is 0.308. The molecule has 1 fully saturated rings. The molecule has 20 heavy (non-hydrogen) atoms. The summed E-state index contributed by atoms with van der Waals surface area (Å²) in [5, 5.41) is 2.67. The van der Waals surface area contributed by atoms with Crippen molar-refractivity contribution < 1.29 is 22.0 Å². The summed E-state index contributed by atoms with van der Waals surface area (Å²) in [6.07, 6.45) is 1.96. The molecule has 0 unspecified atom stereocenters. The van der Waals surface area contributed by atoms with Gasteiger partial charge in [-0.3, -0.25) is 4.79 Å². The molecule has 0 aliphatic carbocycles. The van der Waals surface area contributed by atoms with Gasteiger partial charge in [-0.1, -0.05) is 0 Å². The zero-order chi connectivity index (χ0) is 14.2. The number of amides is 1. The Labute approximate surface area is 115 Å². The fourth-order valence-corrected chi connectivity index (χ4v) is 3.85. The predicted octanol–water partition coefficient (Wildman–Crippen LogP) is 1.46. The van der Waals surface area contributed by atoms with E-state index in [1.165, 1.54) is 12.3 Å². The monoisotopic (exact) mass is 295 g/mol. The maximum absolute atomic E-state index is 12.0. The second kappa shape index (κ2) is 4.82. The second-order valence-corrected chi connectivity index (χ2v) is 6.94. The molecule has 3 rings (SSSR count). The summed E-state index contributed by atoms with van der Waals surface area (Å²) in [4.78, 5) is 12.0. The predicted molar refractivity (Wildman–Crippen MR) is 70.9 cm³/mol. The molecule has 1 aliphatic heterocycles. The summed E-state index contributed by atoms with van der Waals surface area (Å²) >= 11 is 0. The highest BCUT2D eigenvalue weighted by Gasteiger charge is 2.29. The largest absolute Gasteiger partial charge is 0.461 e. The summed E-state index contributed by atoms with van der Waals surface area (Å²) < 4.78 is 33.2. The molecule has 2 aromatic heterocycles. The van der Waals surface area contributed by atoms with Crippen molar-refractivity contribution >= 4 is 15.7 Å². The van der Waals surface area contributed by atoms with Gasteiger partial charge in [-0.05, 0) is 30.7 Å². The lowest BCUT2D eigenvalue weighted by molar-refractivity contribution is 0.0914. The highest BCUT2D eigenvalue weighted by atomic mass is 32.2. The smallest absolute Gasteiger partial charge is 0.287 e. The number of furan rings is 2. The molecule has 1 atom stereocenters. The summed E-state index contributed by atoms with van der Waals surface area (Å²) in [6.45, 7) is 0. The third-order valence-electron chi connectivity index (χ3n) is 3.16. The van der Waals surface area contributed by atoms with Gasteiger partial charge in [-0.2, -0.15) is 0 Å². The Morgan fingerprint density at radius 3 is 2.75 bits per heavy atom. The average molecular weight is 295 g/mol. The molecule has 3 heterocycles. The number of carbonyl (C=O) groups excluding carboxylic acids is 1. The first-order valence-corrected chi connectivity index (χ1v) is 8.01. The normalized spacial score (nSPS) is 20.9. The van der Waals surface area contributed by atoms with Crippen LogP contribution in [0.1, 0.15) is 17.0 Å². The number of nitrogens with one attached hydrogen (secondary N) is 1. The molecule has 1 amide bonds. The molecule has 1 aliphatic rings. The van der Waals surface area contributed by atoms with E-state index < -0.39 is 15.7 Å². The molecule has 1 N–H and O–H groups in total. The number of carbonyl (C=O) groups is 1. The van der Waals surface area contributed by atoms with Gasteiger partial charge in [0, 0.05) is 6.04 Å². The maximum Gasteiger partial charge on any atom is 0.287 e. The first-order valence-electron chi connectivity index (χ1n) is 6.18. The SMILES string of the molecule is O=C(N[C@H]1CCS(=O)(=O)C1)c1ccc(-c2ccco2)o1. The van der Waals surface area contributed by atoms with E-state index in [0.717, 1.165) is 0 Å². The molecular formula is C13H13NO5S. The van der Waals surface area contributed by atoms with Crippen molar-refractivity contribution in [1.29, 1.82) is 0 Å². The van der Waals surface area contributed by atoms with Crippen LogP contribution < -0.4 is 5.32 Å². The van der Waals surface area contributed by atoms with E-state index in [1.807, 2.05) is 0 Å². The van der Waals surface area contributed by atoms with E-state index in [4.69, 9.17) is 8.83 Å². The van der Waals surface area contributed by atoms with Crippen LogP contribution in [0.3, 0.4) is 0 Å². The van der Waals surface area contributed by atoms with E-state index in [-0.39, 0.29) is 23.3 Å². The van der Waals surface area contributed by atoms with Gasteiger partial charge in [0.25, 0.3) is 5.91 Å². The Morgan fingerprint density at radius 2 is 2.10 bits per heavy atom. The van der Waals surface area contributed by atoms with Crippen molar-refractivity contribution in [2.24, 2.45) is 0 Å². The maximum atomic E-state index is 12.0. The molecule has 0 saturated carbocycles. The van der Waals surface area contributed by atoms with Crippen LogP contribution in [-0.2, 0) is 9.84 Å². The lowest BCUT2D eigenvalue weighted by Crippen LogP contribution is -2.35. The molecule has 0 bridgehead atoms. The summed E-state index contributed by atoms with van der Waals surface area (Å²) in [5.74, 6) is 0.829. The average Bonchev–Trinajstić information content (AvgIpc) is 3.08. The van der Waals surface area contributed by atoms with Gasteiger partial charge < -0.3 is 14.2 Å². The van der Waals surface area contributed by atoms with E-state index in [1.54, 1.807) is 18.2 Å². The van der Waals surface area contributed by atoms with Crippen molar-refractivity contribution in [2.45, 2.75) is 12.5 Å². The summed E-state index contributed by atoms with van der Waals surface area (Å²) in [7, 11) is -3.01. The van der Waals surface area contributed by atoms with Crippen molar-refractivity contribution in [3.8, 4) is 11.5 Å². The van der Waals surface area contributed by atoms with Crippen molar-refractivity contribution in [2.75, 3.05) is 11.5 Å². The zero-order valence-corrected chi connectivity index (χ0v) is 11.4. The van der Waals surface area contributed by atoms with Gasteiger partial charge in [-0.15, -0.1) is 0 Å². The Morgan fingerprint density at radius 1 is 1.25 bits per heavy atom. The lowest BCUT2D eigenvalue weighted by atomic mass is 10.2. The van der Waals surface area contributed by atoms with Gasteiger partial charge >= 0.3 is 0 Å². The molecule has 0 radical (unpaired) electrons. The minimum atomic E-state index is -3.01. The minimum Gasteiger partial charge on any atom is -0.461 e. The molecule has 0 aromatic carbocycles.